The highest BCUT2D eigenvalue weighted by molar-refractivity contribution is 5.87. The number of imidazole rings is 2. The lowest BCUT2D eigenvalue weighted by Gasteiger charge is -2.39. The van der Waals surface area contributed by atoms with E-state index in [2.05, 4.69) is 15.3 Å². The number of carbonyl (C=O) groups is 4. The average Bonchev–Trinajstić information content (AvgIpc) is 4.30. The molecular weight excluding hydrogens is 997 g/mol. The summed E-state index contributed by atoms with van der Waals surface area (Å²) < 4.78 is 72.5. The molecule has 1 aliphatic carbocycles. The minimum Gasteiger partial charge on any atom is -0.465 e. The van der Waals surface area contributed by atoms with Gasteiger partial charge in [-0.1, -0.05) is 59.8 Å². The maximum absolute atomic E-state index is 17.0. The van der Waals surface area contributed by atoms with Gasteiger partial charge in [-0.3, -0.25) is 14.5 Å². The number of carbonyl (C=O) groups excluding carboxylic acids is 3. The Morgan fingerprint density at radius 3 is 1.62 bits per heavy atom. The smallest absolute Gasteiger partial charge is 0.407 e. The van der Waals surface area contributed by atoms with Gasteiger partial charge in [0.05, 0.1) is 53.3 Å². The van der Waals surface area contributed by atoms with Crippen molar-refractivity contribution < 1.29 is 46.6 Å². The summed E-state index contributed by atoms with van der Waals surface area (Å²) in [5.74, 6) is -1.93. The van der Waals surface area contributed by atoms with E-state index in [-0.39, 0.29) is 59.0 Å². The molecule has 4 N–H and O–H groups in total. The maximum atomic E-state index is 17.0. The summed E-state index contributed by atoms with van der Waals surface area (Å²) in [7, 11) is 2.61. The fraction of sp³-hybridized carbons (Fsp3) is 0.579. The number of rotatable bonds is 13. The molecule has 20 heteroatoms. The number of halogens is 4. The summed E-state index contributed by atoms with van der Waals surface area (Å²) in [5, 5.41) is 12.5. The van der Waals surface area contributed by atoms with Gasteiger partial charge in [0.25, 0.3) is 0 Å². The van der Waals surface area contributed by atoms with Crippen molar-refractivity contribution in [1.82, 2.24) is 40.0 Å². The zero-order valence-electron chi connectivity index (χ0n) is 44.9. The topological polar surface area (TPSA) is 183 Å². The van der Waals surface area contributed by atoms with Crippen LogP contribution in [0.25, 0.3) is 22.1 Å². The Morgan fingerprint density at radius 1 is 0.636 bits per heavy atom. The molecule has 0 spiro atoms. The third-order valence-electron chi connectivity index (χ3n) is 17.5. The number of anilines is 2. The number of nitrogens with one attached hydrogen (secondary N) is 3. The van der Waals surface area contributed by atoms with Crippen LogP contribution in [0.3, 0.4) is 0 Å². The normalized spacial score (nSPS) is 22.5. The minimum atomic E-state index is -1.22. The van der Waals surface area contributed by atoms with E-state index in [1.165, 1.54) is 70.5 Å². The lowest BCUT2D eigenvalue weighted by molar-refractivity contribution is -0.138. The Hall–Kier alpha value is -6.60. The largest absolute Gasteiger partial charge is 0.465 e. The van der Waals surface area contributed by atoms with Crippen molar-refractivity contribution in [3.63, 3.8) is 0 Å². The van der Waals surface area contributed by atoms with Gasteiger partial charge < -0.3 is 44.7 Å². The predicted octanol–water partition coefficient (Wildman–Crippen LogP) is 11.2. The first-order valence-electron chi connectivity index (χ1n) is 27.7. The average molecular weight is 1070 g/mol. The van der Waals surface area contributed by atoms with Crippen LogP contribution in [0.2, 0.25) is 0 Å². The van der Waals surface area contributed by atoms with Crippen LogP contribution in [0.1, 0.15) is 158 Å². The number of hydrogen-bond acceptors (Lipinski definition) is 9. The first-order valence-corrected chi connectivity index (χ1v) is 27.7. The number of aromatic amines is 2. The number of likely N-dealkylation sites (N-methyl/N-ethyl adjacent to an activating group) is 1. The van der Waals surface area contributed by atoms with Crippen LogP contribution in [0.15, 0.2) is 36.4 Å². The number of fused-ring (bicyclic) bond motifs is 2. The van der Waals surface area contributed by atoms with Crippen LogP contribution >= 0.6 is 0 Å². The van der Waals surface area contributed by atoms with Gasteiger partial charge in [-0.2, -0.15) is 0 Å². The Morgan fingerprint density at radius 2 is 1.14 bits per heavy atom. The maximum Gasteiger partial charge on any atom is 0.407 e. The molecule has 4 aliphatic heterocycles. The van der Waals surface area contributed by atoms with Gasteiger partial charge in [0.2, 0.25) is 11.8 Å². The second kappa shape index (κ2) is 22.0. The van der Waals surface area contributed by atoms with Crippen molar-refractivity contribution in [1.29, 1.82) is 0 Å². The summed E-state index contributed by atoms with van der Waals surface area (Å²) in [6, 6.07) is 3.95. The molecule has 16 nitrogen and oxygen atoms in total. The van der Waals surface area contributed by atoms with E-state index < -0.39 is 71.7 Å². The number of nitrogens with zero attached hydrogens (tertiary/aromatic N) is 7. The van der Waals surface area contributed by atoms with Gasteiger partial charge in [0.1, 0.15) is 41.1 Å². The number of carboxylic acid groups (broad SMARTS) is 1. The number of piperidine rings is 1. The van der Waals surface area contributed by atoms with Crippen molar-refractivity contribution in [3.05, 3.63) is 82.4 Å². The summed E-state index contributed by atoms with van der Waals surface area (Å²) in [4.78, 5) is 76.4. The van der Waals surface area contributed by atoms with Gasteiger partial charge in [-0.25, -0.2) is 37.1 Å². The monoisotopic (exact) mass is 1070 g/mol. The van der Waals surface area contributed by atoms with E-state index in [1.807, 2.05) is 13.8 Å². The second-order valence-electron chi connectivity index (χ2n) is 22.8. The van der Waals surface area contributed by atoms with E-state index in [9.17, 15) is 24.3 Å². The first-order chi connectivity index (χ1) is 36.9. The zero-order valence-corrected chi connectivity index (χ0v) is 44.9. The lowest BCUT2D eigenvalue weighted by Crippen LogP contribution is -2.51. The number of aromatic nitrogens is 4. The number of amides is 4. The highest BCUT2D eigenvalue weighted by atomic mass is 19.1. The van der Waals surface area contributed by atoms with Crippen LogP contribution < -0.4 is 15.1 Å². The molecule has 5 aliphatic rings. The Balaban J connectivity index is 0.992. The van der Waals surface area contributed by atoms with Crippen LogP contribution in [-0.2, 0) is 14.3 Å². The Labute approximate surface area is 446 Å². The molecule has 5 aromatic rings. The van der Waals surface area contributed by atoms with E-state index in [4.69, 9.17) is 14.7 Å². The van der Waals surface area contributed by atoms with Gasteiger partial charge in [-0.05, 0) is 111 Å². The molecule has 414 valence electrons. The van der Waals surface area contributed by atoms with E-state index in [0.29, 0.717) is 97.4 Å². The molecule has 6 atom stereocenters. The number of H-pyrrole nitrogens is 2. The summed E-state index contributed by atoms with van der Waals surface area (Å²) >= 11 is 0. The van der Waals surface area contributed by atoms with E-state index in [1.54, 1.807) is 45.6 Å². The zero-order chi connectivity index (χ0) is 54.6. The molecule has 3 aromatic carbocycles. The van der Waals surface area contributed by atoms with Gasteiger partial charge in [0.15, 0.2) is 11.6 Å². The SMILES string of the molecule is COC(=O)NC(C(=O)N1CCC[C@H]1c1nc2cc([C@H]3CC[C@H](c4cc5nc([C@@H]6CCCN6C(=O)[C@H](C(C)C)N(C)C(=O)O)[nH]c5cc4F)N3c3cc(F)c(N4CCC(C5CCCCC5)CC4)c(F)c3)c(F)cc2[nH]1)C(C)C. The van der Waals surface area contributed by atoms with Crippen molar-refractivity contribution in [3.8, 4) is 0 Å². The Kier molecular flexibility index (Phi) is 15.4. The lowest BCUT2D eigenvalue weighted by atomic mass is 9.76. The fourth-order valence-corrected chi connectivity index (χ4v) is 13.6. The third kappa shape index (κ3) is 10.4. The van der Waals surface area contributed by atoms with Crippen LogP contribution in [0.5, 0.6) is 0 Å². The van der Waals surface area contributed by atoms with Crippen LogP contribution in [0, 0.1) is 46.9 Å². The highest BCUT2D eigenvalue weighted by Gasteiger charge is 2.43. The van der Waals surface area contributed by atoms with Gasteiger partial charge in [0, 0.05) is 50.0 Å². The molecule has 1 unspecified atom stereocenters. The second-order valence-corrected chi connectivity index (χ2v) is 22.8. The number of benzene rings is 3. The molecule has 6 heterocycles. The van der Waals surface area contributed by atoms with Crippen molar-refractivity contribution in [2.24, 2.45) is 23.7 Å². The molecule has 2 aromatic heterocycles. The standard InChI is InChI=1S/C57H72F4N10O6/c1-30(2)49(66-56(74)77-6)54(72)69-20-10-14-47(69)52-62-41-26-35(37(58)28-43(41)64-52)45-16-17-46(71(45)34-24-39(60)51(40(61)25-34)68-22-18-33(19-23-68)32-12-8-7-9-13-32)36-27-42-44(29-38(36)59)65-53(63-42)48-15-11-21-70(48)55(73)50(31(3)4)67(5)57(75)76/h24-33,45-50H,7-23H2,1-6H3,(H,62,64)(H,63,65)(H,66,74)(H,75,76)/t45-,46-,47+,48+,49?,50+/m1/s1. The Bertz CT molecular complexity index is 3000. The summed E-state index contributed by atoms with van der Waals surface area (Å²) in [5.41, 5.74) is 1.93. The van der Waals surface area contributed by atoms with Crippen LogP contribution in [-0.4, -0.2) is 116 Å². The quantitative estimate of drug-likeness (QED) is 0.0828. The number of hydrogen-bond donors (Lipinski definition) is 4. The number of methoxy groups -OCH3 is 1. The highest BCUT2D eigenvalue weighted by Crippen LogP contribution is 2.50. The number of likely N-dealkylation sites (tertiary alicyclic amines) is 2. The molecule has 4 saturated heterocycles. The molecule has 4 amide bonds. The summed E-state index contributed by atoms with van der Waals surface area (Å²) in [6.45, 7) is 9.09. The molecular formula is C57H72F4N10O6. The van der Waals surface area contributed by atoms with Gasteiger partial charge >= 0.3 is 12.2 Å². The van der Waals surface area contributed by atoms with E-state index in [0.717, 1.165) is 17.7 Å². The van der Waals surface area contributed by atoms with E-state index >= 15 is 17.6 Å². The fourth-order valence-electron chi connectivity index (χ4n) is 13.6. The first kappa shape index (κ1) is 53.8. The molecule has 77 heavy (non-hydrogen) atoms. The predicted molar refractivity (Wildman–Crippen MR) is 283 cm³/mol. The molecule has 1 saturated carbocycles. The third-order valence-corrected chi connectivity index (χ3v) is 17.5. The molecule has 0 radical (unpaired) electrons. The van der Waals surface area contributed by atoms with Crippen molar-refractivity contribution in [2.45, 2.75) is 147 Å². The van der Waals surface area contributed by atoms with Crippen LogP contribution in [0.4, 0.5) is 38.5 Å². The molecule has 10 rings (SSSR count). The number of ether oxygens (including phenoxy) is 1. The number of alkyl carbamates (subject to hydrolysis) is 1. The van der Waals surface area contributed by atoms with Gasteiger partial charge in [-0.15, -0.1) is 0 Å². The van der Waals surface area contributed by atoms with Crippen molar-refractivity contribution >= 4 is 57.4 Å². The molecule has 5 fully saturated rings. The minimum absolute atomic E-state index is 0.106. The molecule has 0 bridgehead atoms. The summed E-state index contributed by atoms with van der Waals surface area (Å²) in [6.07, 6.45) is 8.84. The van der Waals surface area contributed by atoms with Crippen molar-refractivity contribution in [2.75, 3.05) is 50.1 Å².